The van der Waals surface area contributed by atoms with Gasteiger partial charge in [-0.05, 0) is 50.2 Å². The lowest BCUT2D eigenvalue weighted by molar-refractivity contribution is -0.120. The molecule has 138 valence electrons. The number of para-hydroxylation sites is 1. The Morgan fingerprint density at radius 2 is 1.63 bits per heavy atom. The Hall–Kier alpha value is -3.12. The Balaban J connectivity index is 1.81. The average molecular weight is 385 g/mol. The number of rotatable bonds is 5. The summed E-state index contributed by atoms with van der Waals surface area (Å²) in [5.74, 6) is -1.66. The van der Waals surface area contributed by atoms with E-state index in [0.717, 1.165) is 4.90 Å². The maximum atomic E-state index is 12.7. The molecule has 1 heterocycles. The molecule has 2 aromatic carbocycles. The summed E-state index contributed by atoms with van der Waals surface area (Å²) < 4.78 is 5.12. The standard InChI is InChI=1S/C20H17ClN2O4/c1-12(2)27-20(26)13-8-10-15(11-9-13)23-18(24)16(21)17(19(23)25)22-14-6-4-3-5-7-14/h3-12,22H,1-2H3. The quantitative estimate of drug-likeness (QED) is 0.628. The summed E-state index contributed by atoms with van der Waals surface area (Å²) >= 11 is 6.09. The van der Waals surface area contributed by atoms with Crippen molar-refractivity contribution in [2.75, 3.05) is 10.2 Å². The molecular formula is C20H17ClN2O4. The predicted molar refractivity (Wildman–Crippen MR) is 102 cm³/mol. The van der Waals surface area contributed by atoms with Gasteiger partial charge in [0.1, 0.15) is 10.7 Å². The maximum Gasteiger partial charge on any atom is 0.338 e. The number of nitrogens with one attached hydrogen (secondary N) is 1. The lowest BCUT2D eigenvalue weighted by Gasteiger charge is -2.15. The largest absolute Gasteiger partial charge is 0.459 e. The number of ether oxygens (including phenoxy) is 1. The molecule has 0 fully saturated rings. The van der Waals surface area contributed by atoms with Gasteiger partial charge in [0.15, 0.2) is 0 Å². The summed E-state index contributed by atoms with van der Waals surface area (Å²) in [4.78, 5) is 38.0. The van der Waals surface area contributed by atoms with Crippen LogP contribution in [0.5, 0.6) is 0 Å². The zero-order valence-electron chi connectivity index (χ0n) is 14.7. The van der Waals surface area contributed by atoms with E-state index in [0.29, 0.717) is 16.9 Å². The van der Waals surface area contributed by atoms with Crippen molar-refractivity contribution in [3.63, 3.8) is 0 Å². The van der Waals surface area contributed by atoms with E-state index in [1.54, 1.807) is 38.1 Å². The Labute approximate surface area is 161 Å². The summed E-state index contributed by atoms with van der Waals surface area (Å²) in [6.07, 6.45) is -0.242. The second-order valence-electron chi connectivity index (χ2n) is 6.13. The van der Waals surface area contributed by atoms with Gasteiger partial charge in [-0.2, -0.15) is 0 Å². The van der Waals surface area contributed by atoms with Crippen LogP contribution in [0.2, 0.25) is 0 Å². The molecule has 1 aliphatic heterocycles. The van der Waals surface area contributed by atoms with Crippen LogP contribution >= 0.6 is 11.6 Å². The van der Waals surface area contributed by atoms with Gasteiger partial charge in [0, 0.05) is 5.69 Å². The van der Waals surface area contributed by atoms with Crippen LogP contribution in [-0.4, -0.2) is 23.9 Å². The molecule has 0 bridgehead atoms. The number of amides is 2. The van der Waals surface area contributed by atoms with Crippen molar-refractivity contribution in [2.24, 2.45) is 0 Å². The van der Waals surface area contributed by atoms with Gasteiger partial charge in [0.25, 0.3) is 11.8 Å². The minimum Gasteiger partial charge on any atom is -0.459 e. The van der Waals surface area contributed by atoms with Gasteiger partial charge < -0.3 is 10.1 Å². The molecule has 0 aliphatic carbocycles. The predicted octanol–water partition coefficient (Wildman–Crippen LogP) is 3.69. The fraction of sp³-hybridized carbons (Fsp3) is 0.150. The van der Waals surface area contributed by atoms with E-state index in [-0.39, 0.29) is 16.8 Å². The van der Waals surface area contributed by atoms with Crippen LogP contribution in [0.1, 0.15) is 24.2 Å². The molecule has 6 nitrogen and oxygen atoms in total. The van der Waals surface area contributed by atoms with E-state index < -0.39 is 17.8 Å². The molecule has 0 radical (unpaired) electrons. The van der Waals surface area contributed by atoms with E-state index in [2.05, 4.69) is 5.32 Å². The first-order chi connectivity index (χ1) is 12.9. The number of imide groups is 1. The van der Waals surface area contributed by atoms with Crippen molar-refractivity contribution in [3.8, 4) is 0 Å². The van der Waals surface area contributed by atoms with Crippen LogP contribution in [0.15, 0.2) is 65.3 Å². The molecule has 2 amide bonds. The number of esters is 1. The minimum absolute atomic E-state index is 0.0103. The number of anilines is 2. The highest BCUT2D eigenvalue weighted by atomic mass is 35.5. The van der Waals surface area contributed by atoms with Crippen molar-refractivity contribution in [1.29, 1.82) is 0 Å². The van der Waals surface area contributed by atoms with Gasteiger partial charge >= 0.3 is 5.97 Å². The van der Waals surface area contributed by atoms with Gasteiger partial charge in [0.2, 0.25) is 0 Å². The van der Waals surface area contributed by atoms with E-state index >= 15 is 0 Å². The molecule has 27 heavy (non-hydrogen) atoms. The van der Waals surface area contributed by atoms with Gasteiger partial charge in [-0.15, -0.1) is 0 Å². The molecule has 0 saturated heterocycles. The highest BCUT2D eigenvalue weighted by molar-refractivity contribution is 6.53. The number of hydrogen-bond donors (Lipinski definition) is 1. The van der Waals surface area contributed by atoms with Crippen LogP contribution in [0, 0.1) is 0 Å². The zero-order valence-corrected chi connectivity index (χ0v) is 15.5. The number of halogens is 1. The molecule has 0 spiro atoms. The fourth-order valence-electron chi connectivity index (χ4n) is 2.54. The zero-order chi connectivity index (χ0) is 19.6. The molecule has 1 aliphatic rings. The van der Waals surface area contributed by atoms with Crippen molar-refractivity contribution < 1.29 is 19.1 Å². The summed E-state index contributed by atoms with van der Waals surface area (Å²) in [5, 5.41) is 2.70. The number of carbonyl (C=O) groups excluding carboxylic acids is 3. The molecule has 0 aromatic heterocycles. The number of nitrogens with zero attached hydrogens (tertiary/aromatic N) is 1. The molecule has 1 N–H and O–H groups in total. The lowest BCUT2D eigenvalue weighted by atomic mass is 10.2. The van der Waals surface area contributed by atoms with Gasteiger partial charge in [-0.25, -0.2) is 9.69 Å². The molecule has 0 saturated carbocycles. The third-order valence-electron chi connectivity index (χ3n) is 3.77. The SMILES string of the molecule is CC(C)OC(=O)c1ccc(N2C(=O)C(Cl)=C(Nc3ccccc3)C2=O)cc1. The van der Waals surface area contributed by atoms with Gasteiger partial charge in [-0.1, -0.05) is 29.8 Å². The summed E-state index contributed by atoms with van der Waals surface area (Å²) in [5.41, 5.74) is 1.29. The summed E-state index contributed by atoms with van der Waals surface area (Å²) in [7, 11) is 0. The summed E-state index contributed by atoms with van der Waals surface area (Å²) in [6, 6.07) is 14.9. The van der Waals surface area contributed by atoms with Crippen molar-refractivity contribution in [2.45, 2.75) is 20.0 Å². The second-order valence-corrected chi connectivity index (χ2v) is 6.50. The third kappa shape index (κ3) is 3.85. The van der Waals surface area contributed by atoms with Crippen LogP contribution in [-0.2, 0) is 14.3 Å². The first-order valence-corrected chi connectivity index (χ1v) is 8.68. The highest BCUT2D eigenvalue weighted by Gasteiger charge is 2.39. The Morgan fingerprint density at radius 1 is 1.00 bits per heavy atom. The van der Waals surface area contributed by atoms with E-state index in [9.17, 15) is 14.4 Å². The number of benzene rings is 2. The molecule has 0 unspecified atom stereocenters. The number of hydrogen-bond acceptors (Lipinski definition) is 5. The Bertz CT molecular complexity index is 921. The third-order valence-corrected chi connectivity index (χ3v) is 4.13. The van der Waals surface area contributed by atoms with Crippen molar-refractivity contribution in [1.82, 2.24) is 0 Å². The molecule has 2 aromatic rings. The van der Waals surface area contributed by atoms with E-state index in [1.165, 1.54) is 24.3 Å². The molecular weight excluding hydrogens is 368 g/mol. The fourth-order valence-corrected chi connectivity index (χ4v) is 2.75. The van der Waals surface area contributed by atoms with Crippen LogP contribution < -0.4 is 10.2 Å². The number of carbonyl (C=O) groups is 3. The first-order valence-electron chi connectivity index (χ1n) is 8.30. The van der Waals surface area contributed by atoms with Crippen LogP contribution in [0.25, 0.3) is 0 Å². The molecule has 3 rings (SSSR count). The van der Waals surface area contributed by atoms with E-state index in [1.807, 2.05) is 6.07 Å². The van der Waals surface area contributed by atoms with E-state index in [4.69, 9.17) is 16.3 Å². The average Bonchev–Trinajstić information content (AvgIpc) is 2.86. The van der Waals surface area contributed by atoms with Crippen molar-refractivity contribution in [3.05, 3.63) is 70.9 Å². The first kappa shape index (κ1) is 18.7. The van der Waals surface area contributed by atoms with Crippen molar-refractivity contribution >= 4 is 40.8 Å². The van der Waals surface area contributed by atoms with Crippen LogP contribution in [0.4, 0.5) is 11.4 Å². The maximum absolute atomic E-state index is 12.7. The topological polar surface area (TPSA) is 75.7 Å². The van der Waals surface area contributed by atoms with Gasteiger partial charge in [0.05, 0.1) is 17.4 Å². The minimum atomic E-state index is -0.627. The Kier molecular flexibility index (Phi) is 5.28. The second kappa shape index (κ2) is 7.63. The van der Waals surface area contributed by atoms with Gasteiger partial charge in [-0.3, -0.25) is 9.59 Å². The molecule has 0 atom stereocenters. The summed E-state index contributed by atoms with van der Waals surface area (Å²) in [6.45, 7) is 3.51. The lowest BCUT2D eigenvalue weighted by Crippen LogP contribution is -2.32. The highest BCUT2D eigenvalue weighted by Crippen LogP contribution is 2.30. The smallest absolute Gasteiger partial charge is 0.338 e. The Morgan fingerprint density at radius 3 is 2.22 bits per heavy atom. The van der Waals surface area contributed by atoms with Crippen LogP contribution in [0.3, 0.4) is 0 Å². The normalized spacial score (nSPS) is 14.1. The molecule has 7 heteroatoms. The monoisotopic (exact) mass is 384 g/mol.